The number of nitrogens with one attached hydrogen (secondary N) is 2. The maximum atomic E-state index is 12.7. The molecule has 0 radical (unpaired) electrons. The number of alkyl halides is 3. The van der Waals surface area contributed by atoms with Crippen LogP contribution >= 0.6 is 23.2 Å². The van der Waals surface area contributed by atoms with Gasteiger partial charge in [-0.3, -0.25) is 9.52 Å². The molecule has 1 amide bonds. The molecule has 0 saturated carbocycles. The van der Waals surface area contributed by atoms with Crippen LogP contribution in [0.4, 0.5) is 24.5 Å². The lowest BCUT2D eigenvalue weighted by molar-refractivity contribution is -0.137. The molecule has 3 rings (SSSR count). The van der Waals surface area contributed by atoms with Crippen LogP contribution in [-0.2, 0) is 16.2 Å². The van der Waals surface area contributed by atoms with Crippen LogP contribution in [0.15, 0.2) is 71.6 Å². The number of halogens is 5. The highest BCUT2D eigenvalue weighted by molar-refractivity contribution is 7.92. The second kappa shape index (κ2) is 8.78. The highest BCUT2D eigenvalue weighted by atomic mass is 35.5. The second-order valence-corrected chi connectivity index (χ2v) is 8.83. The largest absolute Gasteiger partial charge is 0.416 e. The molecule has 0 aliphatic heterocycles. The van der Waals surface area contributed by atoms with Crippen molar-refractivity contribution in [1.29, 1.82) is 0 Å². The first-order valence-electron chi connectivity index (χ1n) is 8.52. The molecule has 162 valence electrons. The van der Waals surface area contributed by atoms with E-state index in [1.165, 1.54) is 42.5 Å². The molecule has 0 aliphatic carbocycles. The zero-order chi connectivity index (χ0) is 22.8. The van der Waals surface area contributed by atoms with Crippen LogP contribution in [-0.4, -0.2) is 14.3 Å². The number of amides is 1. The van der Waals surface area contributed by atoms with Crippen molar-refractivity contribution < 1.29 is 26.4 Å². The van der Waals surface area contributed by atoms with Crippen molar-refractivity contribution in [2.24, 2.45) is 0 Å². The minimum absolute atomic E-state index is 0.0660. The fourth-order valence-electron chi connectivity index (χ4n) is 2.55. The Morgan fingerprint density at radius 2 is 1.42 bits per heavy atom. The van der Waals surface area contributed by atoms with Gasteiger partial charge in [0, 0.05) is 15.7 Å². The van der Waals surface area contributed by atoms with Gasteiger partial charge in [0.1, 0.15) is 0 Å². The summed E-state index contributed by atoms with van der Waals surface area (Å²) in [6, 6.07) is 13.1. The third-order valence-electron chi connectivity index (χ3n) is 4.06. The Morgan fingerprint density at radius 3 is 2.00 bits per heavy atom. The molecular formula is C20H13Cl2F3N2O3S. The van der Waals surface area contributed by atoms with Crippen LogP contribution in [0.1, 0.15) is 15.9 Å². The van der Waals surface area contributed by atoms with Gasteiger partial charge in [0.25, 0.3) is 15.9 Å². The number of hydrogen-bond donors (Lipinski definition) is 2. The van der Waals surface area contributed by atoms with Gasteiger partial charge in [0.15, 0.2) is 0 Å². The molecule has 11 heteroatoms. The summed E-state index contributed by atoms with van der Waals surface area (Å²) in [5.41, 5.74) is -0.970. The van der Waals surface area contributed by atoms with E-state index >= 15 is 0 Å². The number of sulfonamides is 1. The van der Waals surface area contributed by atoms with E-state index in [1.54, 1.807) is 0 Å². The van der Waals surface area contributed by atoms with Gasteiger partial charge in [-0.05, 0) is 66.7 Å². The maximum absolute atomic E-state index is 12.7. The van der Waals surface area contributed by atoms with Gasteiger partial charge in [0.2, 0.25) is 0 Å². The Kier molecular flexibility index (Phi) is 6.49. The summed E-state index contributed by atoms with van der Waals surface area (Å²) in [7, 11) is -4.05. The Hall–Kier alpha value is -2.75. The Labute approximate surface area is 185 Å². The smallest absolute Gasteiger partial charge is 0.322 e. The molecule has 0 spiro atoms. The fraction of sp³-hybridized carbons (Fsp3) is 0.0500. The SMILES string of the molecule is O=C(Nc1ccc(C(F)(F)F)cc1)c1cc(Cl)ccc1NS(=O)(=O)c1ccc(Cl)cc1. The van der Waals surface area contributed by atoms with Gasteiger partial charge < -0.3 is 5.32 Å². The van der Waals surface area contributed by atoms with Gasteiger partial charge in [-0.1, -0.05) is 23.2 Å². The first-order valence-corrected chi connectivity index (χ1v) is 10.8. The van der Waals surface area contributed by atoms with E-state index in [-0.39, 0.29) is 26.9 Å². The predicted octanol–water partition coefficient (Wildman–Crippen LogP) is 6.07. The third kappa shape index (κ3) is 5.69. The van der Waals surface area contributed by atoms with Crippen LogP contribution in [0, 0.1) is 0 Å². The molecule has 0 saturated heterocycles. The quantitative estimate of drug-likeness (QED) is 0.457. The molecule has 3 aromatic carbocycles. The number of rotatable bonds is 5. The van der Waals surface area contributed by atoms with Crippen molar-refractivity contribution in [2.75, 3.05) is 10.0 Å². The van der Waals surface area contributed by atoms with Crippen molar-refractivity contribution in [3.05, 3.63) is 87.9 Å². The van der Waals surface area contributed by atoms with E-state index in [0.717, 1.165) is 24.3 Å². The lowest BCUT2D eigenvalue weighted by atomic mass is 10.1. The molecule has 0 fully saturated rings. The number of carbonyl (C=O) groups excluding carboxylic acids is 1. The summed E-state index contributed by atoms with van der Waals surface area (Å²) in [4.78, 5) is 12.6. The molecule has 5 nitrogen and oxygen atoms in total. The number of carbonyl (C=O) groups is 1. The lowest BCUT2D eigenvalue weighted by Gasteiger charge is -2.14. The van der Waals surface area contributed by atoms with Crippen molar-refractivity contribution in [1.82, 2.24) is 0 Å². The molecule has 2 N–H and O–H groups in total. The highest BCUT2D eigenvalue weighted by Crippen LogP contribution is 2.30. The Bertz CT molecular complexity index is 1210. The molecule has 3 aromatic rings. The molecule has 0 unspecified atom stereocenters. The van der Waals surface area contributed by atoms with Crippen LogP contribution in [0.3, 0.4) is 0 Å². The summed E-state index contributed by atoms with van der Waals surface area (Å²) < 4.78 is 65.6. The van der Waals surface area contributed by atoms with Gasteiger partial charge in [0.05, 0.1) is 21.7 Å². The summed E-state index contributed by atoms with van der Waals surface area (Å²) in [6.07, 6.45) is -4.51. The Morgan fingerprint density at radius 1 is 0.839 bits per heavy atom. The summed E-state index contributed by atoms with van der Waals surface area (Å²) in [6.45, 7) is 0. The number of benzene rings is 3. The fourth-order valence-corrected chi connectivity index (χ4v) is 3.93. The molecule has 0 bridgehead atoms. The van der Waals surface area contributed by atoms with E-state index in [1.807, 2.05) is 0 Å². The predicted molar refractivity (Wildman–Crippen MR) is 113 cm³/mol. The Balaban J connectivity index is 1.87. The second-order valence-electron chi connectivity index (χ2n) is 6.28. The number of hydrogen-bond acceptors (Lipinski definition) is 3. The van der Waals surface area contributed by atoms with Crippen LogP contribution in [0.5, 0.6) is 0 Å². The van der Waals surface area contributed by atoms with Crippen molar-refractivity contribution >= 4 is 50.5 Å². The summed E-state index contributed by atoms with van der Waals surface area (Å²) in [5, 5.41) is 2.93. The molecular weight excluding hydrogens is 476 g/mol. The van der Waals surface area contributed by atoms with E-state index in [9.17, 15) is 26.4 Å². The maximum Gasteiger partial charge on any atom is 0.416 e. The zero-order valence-electron chi connectivity index (χ0n) is 15.4. The monoisotopic (exact) mass is 488 g/mol. The first-order chi connectivity index (χ1) is 14.5. The summed E-state index contributed by atoms with van der Waals surface area (Å²) >= 11 is 11.7. The molecule has 0 atom stereocenters. The van der Waals surface area contributed by atoms with E-state index in [2.05, 4.69) is 10.0 Å². The normalized spacial score (nSPS) is 11.8. The van der Waals surface area contributed by atoms with Gasteiger partial charge in [-0.25, -0.2) is 8.42 Å². The van der Waals surface area contributed by atoms with Crippen LogP contribution in [0.2, 0.25) is 10.0 Å². The lowest BCUT2D eigenvalue weighted by Crippen LogP contribution is -2.18. The van der Waals surface area contributed by atoms with Gasteiger partial charge in [-0.2, -0.15) is 13.2 Å². The highest BCUT2D eigenvalue weighted by Gasteiger charge is 2.30. The minimum Gasteiger partial charge on any atom is -0.322 e. The van der Waals surface area contributed by atoms with Crippen LogP contribution in [0.25, 0.3) is 0 Å². The molecule has 31 heavy (non-hydrogen) atoms. The van der Waals surface area contributed by atoms with Gasteiger partial charge >= 0.3 is 6.18 Å². The topological polar surface area (TPSA) is 75.3 Å². The third-order valence-corrected chi connectivity index (χ3v) is 5.93. The van der Waals surface area contributed by atoms with Gasteiger partial charge in [-0.15, -0.1) is 0 Å². The summed E-state index contributed by atoms with van der Waals surface area (Å²) in [5.74, 6) is -0.768. The first kappa shape index (κ1) is 22.9. The van der Waals surface area contributed by atoms with E-state index in [0.29, 0.717) is 5.02 Å². The van der Waals surface area contributed by atoms with Crippen molar-refractivity contribution in [2.45, 2.75) is 11.1 Å². The van der Waals surface area contributed by atoms with E-state index in [4.69, 9.17) is 23.2 Å². The standard InChI is InChI=1S/C20H13Cl2F3N2O3S/c21-13-3-8-16(9-4-13)31(29,30)27-18-10-5-14(22)11-17(18)19(28)26-15-6-1-12(2-7-15)20(23,24)25/h1-11,27H,(H,26,28). The van der Waals surface area contributed by atoms with Crippen molar-refractivity contribution in [3.8, 4) is 0 Å². The van der Waals surface area contributed by atoms with Crippen LogP contribution < -0.4 is 10.0 Å². The minimum atomic E-state index is -4.51. The zero-order valence-corrected chi connectivity index (χ0v) is 17.7. The molecule has 0 aliphatic rings. The molecule has 0 aromatic heterocycles. The van der Waals surface area contributed by atoms with E-state index < -0.39 is 27.7 Å². The molecule has 0 heterocycles. The van der Waals surface area contributed by atoms with Crippen molar-refractivity contribution in [3.63, 3.8) is 0 Å². The average molecular weight is 489 g/mol. The average Bonchev–Trinajstić information content (AvgIpc) is 2.69. The number of anilines is 2.